The zero-order chi connectivity index (χ0) is 39.2. The number of hydrogen-bond acceptors (Lipinski definition) is 8. The Morgan fingerprint density at radius 3 is 2.07 bits per heavy atom. The van der Waals surface area contributed by atoms with Crippen LogP contribution in [0.5, 0.6) is 0 Å². The number of Topliss-reactive ketones (excluding diaryl/α,β-unsaturated/α-hetero) is 1. The third-order valence-electron chi connectivity index (χ3n) is 9.99. The van der Waals surface area contributed by atoms with E-state index in [0.29, 0.717) is 31.2 Å². The molecule has 4 atom stereocenters. The molecule has 1 saturated carbocycles. The van der Waals surface area contributed by atoms with Crippen LogP contribution in [0.2, 0.25) is 0 Å². The van der Waals surface area contributed by atoms with E-state index >= 15 is 0 Å². The zero-order valence-electron chi connectivity index (χ0n) is 31.7. The van der Waals surface area contributed by atoms with Gasteiger partial charge in [0.1, 0.15) is 23.7 Å². The number of nitrogens with one attached hydrogen (secondary N) is 4. The van der Waals surface area contributed by atoms with Gasteiger partial charge in [-0.3, -0.25) is 28.8 Å². The van der Waals surface area contributed by atoms with Crippen LogP contribution in [0.25, 0.3) is 0 Å². The molecule has 1 aliphatic heterocycles. The topological polar surface area (TPSA) is 183 Å². The number of rotatable bonds is 14. The lowest BCUT2D eigenvalue weighted by atomic mass is 9.95. The molecule has 5 rings (SSSR count). The van der Waals surface area contributed by atoms with Crippen LogP contribution in [0.3, 0.4) is 0 Å². The van der Waals surface area contributed by atoms with Crippen molar-refractivity contribution >= 4 is 41.4 Å². The summed E-state index contributed by atoms with van der Waals surface area (Å²) in [4.78, 5) is 96.3. The molecule has 4 N–H and O–H groups in total. The molecule has 0 aromatic heterocycles. The summed E-state index contributed by atoms with van der Waals surface area (Å²) in [7, 11) is 3.13. The van der Waals surface area contributed by atoms with Crippen LogP contribution in [-0.2, 0) is 46.3 Å². The minimum Gasteiger partial charge on any atom is -0.444 e. The molecule has 2 aromatic rings. The molecule has 14 heteroatoms. The quantitative estimate of drug-likeness (QED) is 0.212. The van der Waals surface area contributed by atoms with Crippen molar-refractivity contribution in [3.8, 4) is 0 Å². The van der Waals surface area contributed by atoms with Crippen LogP contribution >= 0.6 is 0 Å². The van der Waals surface area contributed by atoms with Gasteiger partial charge in [0.15, 0.2) is 0 Å². The lowest BCUT2D eigenvalue weighted by Crippen LogP contribution is -2.58. The largest absolute Gasteiger partial charge is 0.444 e. The molecule has 290 valence electrons. The maximum absolute atomic E-state index is 14.3. The van der Waals surface area contributed by atoms with Gasteiger partial charge in [-0.25, -0.2) is 4.79 Å². The molecule has 54 heavy (non-hydrogen) atoms. The Kier molecular flexibility index (Phi) is 12.8. The molecule has 2 aliphatic carbocycles. The highest BCUT2D eigenvalue weighted by Gasteiger charge is 2.44. The van der Waals surface area contributed by atoms with Crippen LogP contribution in [0, 0.1) is 11.8 Å². The smallest absolute Gasteiger partial charge is 0.408 e. The molecule has 0 spiro atoms. The Labute approximate surface area is 316 Å². The van der Waals surface area contributed by atoms with Gasteiger partial charge in [0, 0.05) is 20.6 Å². The predicted molar refractivity (Wildman–Crippen MR) is 199 cm³/mol. The van der Waals surface area contributed by atoms with Gasteiger partial charge in [-0.1, -0.05) is 67.4 Å². The van der Waals surface area contributed by atoms with Gasteiger partial charge in [0.25, 0.3) is 5.91 Å². The van der Waals surface area contributed by atoms with E-state index in [1.165, 1.54) is 9.80 Å². The summed E-state index contributed by atoms with van der Waals surface area (Å²) in [6.45, 7) is 4.92. The average Bonchev–Trinajstić information content (AvgIpc) is 3.62. The lowest BCUT2D eigenvalue weighted by molar-refractivity contribution is -0.143. The average molecular weight is 745 g/mol. The van der Waals surface area contributed by atoms with Crippen molar-refractivity contribution in [2.75, 3.05) is 27.2 Å². The molecular weight excluding hydrogens is 692 g/mol. The van der Waals surface area contributed by atoms with Gasteiger partial charge < -0.3 is 35.8 Å². The molecular formula is C40H52N6O8. The molecule has 6 amide bonds. The van der Waals surface area contributed by atoms with Crippen molar-refractivity contribution in [2.45, 2.75) is 95.5 Å². The number of likely N-dealkylation sites (N-methyl/N-ethyl adjacent to an activating group) is 1. The van der Waals surface area contributed by atoms with E-state index in [-0.39, 0.29) is 30.7 Å². The number of fused-ring (bicyclic) bond motifs is 1. The van der Waals surface area contributed by atoms with Crippen LogP contribution in [0.15, 0.2) is 54.6 Å². The fourth-order valence-corrected chi connectivity index (χ4v) is 7.12. The van der Waals surface area contributed by atoms with E-state index in [1.54, 1.807) is 65.2 Å². The van der Waals surface area contributed by atoms with Crippen LogP contribution in [0.1, 0.15) is 75.6 Å². The third kappa shape index (κ3) is 10.4. The van der Waals surface area contributed by atoms with Crippen molar-refractivity contribution in [3.05, 3.63) is 71.3 Å². The number of amides is 6. The van der Waals surface area contributed by atoms with E-state index in [0.717, 1.165) is 24.0 Å². The van der Waals surface area contributed by atoms with Crippen molar-refractivity contribution in [1.29, 1.82) is 0 Å². The summed E-state index contributed by atoms with van der Waals surface area (Å²) in [6, 6.07) is 12.5. The lowest BCUT2D eigenvalue weighted by Gasteiger charge is -2.32. The zero-order valence-corrected chi connectivity index (χ0v) is 31.7. The van der Waals surface area contributed by atoms with E-state index in [2.05, 4.69) is 21.3 Å². The highest BCUT2D eigenvalue weighted by molar-refractivity contribution is 6.38. The number of likely N-dealkylation sites (tertiary alicyclic amines) is 1. The monoisotopic (exact) mass is 744 g/mol. The maximum Gasteiger partial charge on any atom is 0.408 e. The summed E-state index contributed by atoms with van der Waals surface area (Å²) in [5, 5.41) is 10.5. The summed E-state index contributed by atoms with van der Waals surface area (Å²) >= 11 is 0. The number of ketones is 1. The number of carbonyl (C=O) groups is 7. The minimum absolute atomic E-state index is 0.145. The van der Waals surface area contributed by atoms with Gasteiger partial charge in [-0.05, 0) is 81.4 Å². The first-order valence-corrected chi connectivity index (χ1v) is 18.7. The second-order valence-corrected chi connectivity index (χ2v) is 15.7. The SMILES string of the molecule is CN(C)C(=O)[C@@H](NC(=O)CNC(=O)C(=O)C(CC1CC1)NC(=O)[C@@H]1CCCN1C(=O)[C@@H](NC(=O)OC(C)(C)C)C1Cc2ccccc2C1)c1ccccc1. The number of nitrogens with zero attached hydrogens (tertiary/aromatic N) is 2. The second-order valence-electron chi connectivity index (χ2n) is 15.7. The van der Waals surface area contributed by atoms with Crippen molar-refractivity contribution in [2.24, 2.45) is 11.8 Å². The van der Waals surface area contributed by atoms with Gasteiger partial charge in [0.2, 0.25) is 29.4 Å². The minimum atomic E-state index is -1.17. The first-order valence-electron chi connectivity index (χ1n) is 18.7. The highest BCUT2D eigenvalue weighted by Crippen LogP contribution is 2.34. The summed E-state index contributed by atoms with van der Waals surface area (Å²) in [6.07, 6.45) is 3.21. The van der Waals surface area contributed by atoms with Crippen LogP contribution in [0.4, 0.5) is 4.79 Å². The van der Waals surface area contributed by atoms with Crippen LogP contribution < -0.4 is 21.3 Å². The maximum atomic E-state index is 14.3. The Morgan fingerprint density at radius 1 is 0.852 bits per heavy atom. The molecule has 1 saturated heterocycles. The first-order chi connectivity index (χ1) is 25.6. The molecule has 0 bridgehead atoms. The van der Waals surface area contributed by atoms with E-state index < -0.39 is 71.8 Å². The van der Waals surface area contributed by atoms with Gasteiger partial charge in [-0.2, -0.15) is 0 Å². The van der Waals surface area contributed by atoms with Crippen molar-refractivity contribution in [3.63, 3.8) is 0 Å². The molecule has 3 aliphatic rings. The van der Waals surface area contributed by atoms with Crippen molar-refractivity contribution in [1.82, 2.24) is 31.1 Å². The summed E-state index contributed by atoms with van der Waals surface area (Å²) in [5.74, 6) is -4.10. The fraction of sp³-hybridized carbons (Fsp3) is 0.525. The Morgan fingerprint density at radius 2 is 1.48 bits per heavy atom. The number of alkyl carbamates (subject to hydrolysis) is 1. The van der Waals surface area contributed by atoms with Crippen molar-refractivity contribution < 1.29 is 38.3 Å². The number of carbonyl (C=O) groups excluding carboxylic acids is 7. The van der Waals surface area contributed by atoms with Gasteiger partial charge in [-0.15, -0.1) is 0 Å². The van der Waals surface area contributed by atoms with Crippen LogP contribution in [-0.4, -0.2) is 102 Å². The summed E-state index contributed by atoms with van der Waals surface area (Å²) in [5.41, 5.74) is 1.95. The predicted octanol–water partition coefficient (Wildman–Crippen LogP) is 2.20. The number of benzene rings is 2. The molecule has 1 unspecified atom stereocenters. The van der Waals surface area contributed by atoms with E-state index in [9.17, 15) is 33.6 Å². The molecule has 2 aromatic carbocycles. The first kappa shape index (κ1) is 39.9. The van der Waals surface area contributed by atoms with E-state index in [4.69, 9.17) is 4.74 Å². The number of ether oxygens (including phenoxy) is 1. The Bertz CT molecular complexity index is 1710. The Hall–Kier alpha value is -5.27. The molecule has 1 heterocycles. The normalized spacial score (nSPS) is 18.4. The summed E-state index contributed by atoms with van der Waals surface area (Å²) < 4.78 is 5.51. The molecule has 14 nitrogen and oxygen atoms in total. The number of hydrogen-bond donors (Lipinski definition) is 4. The highest BCUT2D eigenvalue weighted by atomic mass is 16.6. The van der Waals surface area contributed by atoms with Gasteiger partial charge in [0.05, 0.1) is 12.6 Å². The third-order valence-corrected chi connectivity index (χ3v) is 9.99. The Balaban J connectivity index is 1.24. The second kappa shape index (κ2) is 17.3. The van der Waals surface area contributed by atoms with Gasteiger partial charge >= 0.3 is 6.09 Å². The molecule has 2 fully saturated rings. The fourth-order valence-electron chi connectivity index (χ4n) is 7.12. The molecule has 0 radical (unpaired) electrons. The van der Waals surface area contributed by atoms with E-state index in [1.807, 2.05) is 24.3 Å². The standard InChI is InChI=1S/C40H52N6O8/c1-40(2,3)54-39(53)44-33(28-21-26-14-9-10-15-27(26)22-28)38(52)46-19-11-16-30(46)35(49)42-29(20-24-17-18-24)34(48)36(50)41-23-31(47)43-32(37(51)45(4)5)25-12-7-6-8-13-25/h6-10,12-15,24,28-30,32-33H,11,16-23H2,1-5H3,(H,41,50)(H,42,49)(H,43,47)(H,44,53)/t29?,30-,32-,33-/m0/s1.